The van der Waals surface area contributed by atoms with Crippen molar-refractivity contribution in [2.45, 2.75) is 32.6 Å². The minimum absolute atomic E-state index is 0.0516. The molecule has 0 fully saturated rings. The molecule has 0 amide bonds. The molecule has 0 unspecified atom stereocenters. The summed E-state index contributed by atoms with van der Waals surface area (Å²) < 4.78 is 50.9. The molecule has 0 bridgehead atoms. The van der Waals surface area contributed by atoms with E-state index >= 15 is 0 Å². The van der Waals surface area contributed by atoms with Gasteiger partial charge in [0.2, 0.25) is 0 Å². The van der Waals surface area contributed by atoms with E-state index in [1.165, 1.54) is 17.0 Å². The molecule has 0 atom stereocenters. The number of nitrogens with two attached hydrogens (primary N) is 1. The molecule has 108 valence electrons. The van der Waals surface area contributed by atoms with Crippen molar-refractivity contribution in [1.29, 1.82) is 0 Å². The summed E-state index contributed by atoms with van der Waals surface area (Å²) >= 11 is 0. The fraction of sp³-hybridized carbons (Fsp3) is 0.538. The summed E-state index contributed by atoms with van der Waals surface area (Å²) in [6.45, 7) is 1.19. The monoisotopic (exact) mass is 278 g/mol. The minimum Gasteiger partial charge on any atom is -0.326 e. The third kappa shape index (κ3) is 5.57. The van der Waals surface area contributed by atoms with Crippen molar-refractivity contribution in [1.82, 2.24) is 4.90 Å². The minimum atomic E-state index is -4.27. The van der Waals surface area contributed by atoms with E-state index in [1.807, 2.05) is 0 Å². The van der Waals surface area contributed by atoms with Gasteiger partial charge in [0.1, 0.15) is 5.82 Å². The second kappa shape index (κ2) is 6.86. The Hall–Kier alpha value is -1.14. The Balaban J connectivity index is 2.78. The highest BCUT2D eigenvalue weighted by Gasteiger charge is 2.30. The van der Waals surface area contributed by atoms with Gasteiger partial charge in [-0.1, -0.05) is 19.1 Å². The molecule has 0 spiro atoms. The Kier molecular flexibility index (Phi) is 5.75. The lowest BCUT2D eigenvalue weighted by molar-refractivity contribution is -0.147. The molecular weight excluding hydrogens is 260 g/mol. The van der Waals surface area contributed by atoms with Gasteiger partial charge in [-0.25, -0.2) is 4.39 Å². The van der Waals surface area contributed by atoms with Crippen LogP contribution in [0.3, 0.4) is 0 Å². The molecule has 1 rings (SSSR count). The third-order valence-electron chi connectivity index (χ3n) is 2.69. The number of hydrogen-bond donors (Lipinski definition) is 1. The first kappa shape index (κ1) is 15.9. The normalized spacial score (nSPS) is 12.2. The summed E-state index contributed by atoms with van der Waals surface area (Å²) in [5.74, 6) is -0.508. The molecule has 6 heteroatoms. The van der Waals surface area contributed by atoms with Crippen molar-refractivity contribution >= 4 is 0 Å². The second-order valence-electron chi connectivity index (χ2n) is 4.46. The number of alkyl halides is 3. The van der Waals surface area contributed by atoms with Crippen molar-refractivity contribution in [2.24, 2.45) is 5.73 Å². The first-order valence-corrected chi connectivity index (χ1v) is 6.12. The summed E-state index contributed by atoms with van der Waals surface area (Å²) in [7, 11) is 0. The average Bonchev–Trinajstić information content (AvgIpc) is 2.30. The molecule has 19 heavy (non-hydrogen) atoms. The highest BCUT2D eigenvalue weighted by atomic mass is 19.4. The van der Waals surface area contributed by atoms with Gasteiger partial charge in [-0.2, -0.15) is 13.2 Å². The van der Waals surface area contributed by atoms with Crippen molar-refractivity contribution in [3.05, 3.63) is 35.1 Å². The Morgan fingerprint density at radius 3 is 2.42 bits per heavy atom. The van der Waals surface area contributed by atoms with E-state index in [-0.39, 0.29) is 25.2 Å². The number of benzene rings is 1. The lowest BCUT2D eigenvalue weighted by Gasteiger charge is -2.23. The Labute approximate surface area is 110 Å². The fourth-order valence-electron chi connectivity index (χ4n) is 1.87. The summed E-state index contributed by atoms with van der Waals surface area (Å²) in [4.78, 5) is 1.19. The largest absolute Gasteiger partial charge is 0.401 e. The Bertz CT molecular complexity index is 404. The van der Waals surface area contributed by atoms with Gasteiger partial charge in [0, 0.05) is 18.7 Å². The van der Waals surface area contributed by atoms with Crippen LogP contribution in [0.25, 0.3) is 0 Å². The van der Waals surface area contributed by atoms with Gasteiger partial charge in [0.05, 0.1) is 6.54 Å². The molecule has 0 saturated carbocycles. The predicted molar refractivity (Wildman–Crippen MR) is 65.9 cm³/mol. The standard InChI is InChI=1S/C13H18F4N2/c1-2-5-19(9-13(15,16)17)8-11-4-3-10(7-18)6-12(11)14/h3-4,6H,2,5,7-9,18H2,1H3. The van der Waals surface area contributed by atoms with Crippen LogP contribution >= 0.6 is 0 Å². The van der Waals surface area contributed by atoms with Gasteiger partial charge < -0.3 is 5.73 Å². The number of nitrogens with zero attached hydrogens (tertiary/aromatic N) is 1. The molecule has 2 nitrogen and oxygen atoms in total. The summed E-state index contributed by atoms with van der Waals surface area (Å²) in [5, 5.41) is 0. The highest BCUT2D eigenvalue weighted by Crippen LogP contribution is 2.19. The van der Waals surface area contributed by atoms with Gasteiger partial charge in [0.25, 0.3) is 0 Å². The van der Waals surface area contributed by atoms with Crippen molar-refractivity contribution < 1.29 is 17.6 Å². The van der Waals surface area contributed by atoms with E-state index in [0.717, 1.165) is 0 Å². The number of hydrogen-bond acceptors (Lipinski definition) is 2. The van der Waals surface area contributed by atoms with Crippen LogP contribution < -0.4 is 5.73 Å². The molecule has 0 aliphatic rings. The SMILES string of the molecule is CCCN(Cc1ccc(CN)cc1F)CC(F)(F)F. The van der Waals surface area contributed by atoms with Gasteiger partial charge in [0.15, 0.2) is 0 Å². The van der Waals surface area contributed by atoms with E-state index in [1.54, 1.807) is 13.0 Å². The van der Waals surface area contributed by atoms with Crippen LogP contribution in [0.15, 0.2) is 18.2 Å². The molecule has 2 N–H and O–H groups in total. The molecule has 0 radical (unpaired) electrons. The lowest BCUT2D eigenvalue weighted by atomic mass is 10.1. The van der Waals surface area contributed by atoms with Gasteiger partial charge in [-0.15, -0.1) is 0 Å². The van der Waals surface area contributed by atoms with Crippen molar-refractivity contribution in [3.8, 4) is 0 Å². The smallest absolute Gasteiger partial charge is 0.326 e. The lowest BCUT2D eigenvalue weighted by Crippen LogP contribution is -2.34. The quantitative estimate of drug-likeness (QED) is 0.810. The molecule has 1 aromatic rings. The van der Waals surface area contributed by atoms with Crippen molar-refractivity contribution in [3.63, 3.8) is 0 Å². The molecule has 0 aliphatic heterocycles. The van der Waals surface area contributed by atoms with Crippen LogP contribution in [-0.2, 0) is 13.1 Å². The van der Waals surface area contributed by atoms with Crippen LogP contribution in [-0.4, -0.2) is 24.2 Å². The number of rotatable bonds is 6. The second-order valence-corrected chi connectivity index (χ2v) is 4.46. The van der Waals surface area contributed by atoms with E-state index in [0.29, 0.717) is 12.0 Å². The van der Waals surface area contributed by atoms with Gasteiger partial charge in [-0.05, 0) is 24.6 Å². The van der Waals surface area contributed by atoms with Gasteiger partial charge >= 0.3 is 6.18 Å². The van der Waals surface area contributed by atoms with Crippen LogP contribution in [0.5, 0.6) is 0 Å². The zero-order chi connectivity index (χ0) is 14.5. The molecule has 0 aromatic heterocycles. The van der Waals surface area contributed by atoms with E-state index in [2.05, 4.69) is 0 Å². The highest BCUT2D eigenvalue weighted by molar-refractivity contribution is 5.24. The van der Waals surface area contributed by atoms with Crippen molar-refractivity contribution in [2.75, 3.05) is 13.1 Å². The van der Waals surface area contributed by atoms with E-state index in [9.17, 15) is 17.6 Å². The molecule has 1 aromatic carbocycles. The topological polar surface area (TPSA) is 29.3 Å². The maximum absolute atomic E-state index is 13.7. The Morgan fingerprint density at radius 1 is 1.26 bits per heavy atom. The zero-order valence-electron chi connectivity index (χ0n) is 10.8. The van der Waals surface area contributed by atoms with Crippen LogP contribution in [0.1, 0.15) is 24.5 Å². The maximum atomic E-state index is 13.7. The maximum Gasteiger partial charge on any atom is 0.401 e. The fourth-order valence-corrected chi connectivity index (χ4v) is 1.87. The summed E-state index contributed by atoms with van der Waals surface area (Å²) in [6.07, 6.45) is -3.69. The molecular formula is C13H18F4N2. The van der Waals surface area contributed by atoms with Gasteiger partial charge in [-0.3, -0.25) is 4.90 Å². The van der Waals surface area contributed by atoms with Crippen LogP contribution in [0, 0.1) is 5.82 Å². The third-order valence-corrected chi connectivity index (χ3v) is 2.69. The summed E-state index contributed by atoms with van der Waals surface area (Å²) in [5.41, 5.74) is 6.26. The molecule has 0 aliphatic carbocycles. The first-order chi connectivity index (χ1) is 8.85. The van der Waals surface area contributed by atoms with E-state index < -0.39 is 18.5 Å². The molecule has 0 saturated heterocycles. The first-order valence-electron chi connectivity index (χ1n) is 6.12. The van der Waals surface area contributed by atoms with Crippen LogP contribution in [0.2, 0.25) is 0 Å². The average molecular weight is 278 g/mol. The van der Waals surface area contributed by atoms with Crippen LogP contribution in [0.4, 0.5) is 17.6 Å². The molecule has 0 heterocycles. The van der Waals surface area contributed by atoms with E-state index in [4.69, 9.17) is 5.73 Å². The Morgan fingerprint density at radius 2 is 1.95 bits per heavy atom. The summed E-state index contributed by atoms with van der Waals surface area (Å²) in [6, 6.07) is 4.40. The predicted octanol–water partition coefficient (Wildman–Crippen LogP) is 3.06. The zero-order valence-corrected chi connectivity index (χ0v) is 10.8. The number of halogens is 4.